The smallest absolute Gasteiger partial charge is 0.111 e. The van der Waals surface area contributed by atoms with E-state index >= 15 is 0 Å². The van der Waals surface area contributed by atoms with Gasteiger partial charge in [-0.25, -0.2) is 4.98 Å². The van der Waals surface area contributed by atoms with Gasteiger partial charge in [-0.2, -0.15) is 0 Å². The molecule has 126 valence electrons. The number of nitrogens with zero attached hydrogens (tertiary/aromatic N) is 2. The molecule has 3 heterocycles. The highest BCUT2D eigenvalue weighted by atomic mass is 32.1. The van der Waals surface area contributed by atoms with Gasteiger partial charge in [0, 0.05) is 23.1 Å². The van der Waals surface area contributed by atoms with E-state index in [-0.39, 0.29) is 0 Å². The minimum Gasteiger partial charge on any atom is -0.359 e. The summed E-state index contributed by atoms with van der Waals surface area (Å²) in [4.78, 5) is 11.0. The van der Waals surface area contributed by atoms with E-state index in [1.807, 2.05) is 11.3 Å². The molecule has 0 bridgehead atoms. The molecule has 0 saturated carbocycles. The average Bonchev–Trinajstić information content (AvgIpc) is 3.31. The van der Waals surface area contributed by atoms with E-state index in [0.29, 0.717) is 6.04 Å². The monoisotopic (exact) mass is 347 g/mol. The maximum atomic E-state index is 4.92. The first-order valence-electron chi connectivity index (χ1n) is 8.95. The van der Waals surface area contributed by atoms with Gasteiger partial charge in [0.05, 0.1) is 16.3 Å². The number of nitrogens with one attached hydrogen (secondary N) is 1. The van der Waals surface area contributed by atoms with Crippen LogP contribution in [0.2, 0.25) is 0 Å². The molecule has 0 amide bonds. The molecule has 25 heavy (non-hydrogen) atoms. The second-order valence-corrected chi connectivity index (χ2v) is 8.04. The molecule has 1 unspecified atom stereocenters. The van der Waals surface area contributed by atoms with Crippen molar-refractivity contribution in [1.29, 1.82) is 0 Å². The molecule has 0 aliphatic carbocycles. The van der Waals surface area contributed by atoms with Crippen molar-refractivity contribution in [3.8, 4) is 0 Å². The van der Waals surface area contributed by atoms with E-state index in [2.05, 4.69) is 65.3 Å². The Morgan fingerprint density at radius 2 is 2.12 bits per heavy atom. The summed E-state index contributed by atoms with van der Waals surface area (Å²) in [5.41, 5.74) is 5.02. The molecule has 1 aliphatic rings. The van der Waals surface area contributed by atoms with Gasteiger partial charge in [0.25, 0.3) is 0 Å². The maximum absolute atomic E-state index is 4.92. The van der Waals surface area contributed by atoms with Crippen LogP contribution in [0.25, 0.3) is 21.1 Å². The summed E-state index contributed by atoms with van der Waals surface area (Å²) in [6.45, 7) is 4.28. The Kier molecular flexibility index (Phi) is 3.61. The van der Waals surface area contributed by atoms with Crippen molar-refractivity contribution in [2.75, 3.05) is 6.54 Å². The quantitative estimate of drug-likeness (QED) is 0.536. The number of likely N-dealkylation sites (tertiary alicyclic amines) is 1. The van der Waals surface area contributed by atoms with Crippen molar-refractivity contribution < 1.29 is 0 Å². The summed E-state index contributed by atoms with van der Waals surface area (Å²) >= 11 is 1.86. The summed E-state index contributed by atoms with van der Waals surface area (Å²) in [7, 11) is 0. The Hall–Kier alpha value is -2.17. The minimum atomic E-state index is 0.452. The van der Waals surface area contributed by atoms with Crippen molar-refractivity contribution in [1.82, 2.24) is 14.9 Å². The Labute approximate surface area is 151 Å². The topological polar surface area (TPSA) is 31.9 Å². The Bertz CT molecular complexity index is 1010. The van der Waals surface area contributed by atoms with Crippen LogP contribution in [0, 0.1) is 6.92 Å². The molecule has 2 aromatic carbocycles. The van der Waals surface area contributed by atoms with E-state index in [4.69, 9.17) is 4.98 Å². The molecular weight excluding hydrogens is 326 g/mol. The molecule has 1 aliphatic heterocycles. The Balaban J connectivity index is 1.48. The van der Waals surface area contributed by atoms with Crippen molar-refractivity contribution >= 4 is 32.5 Å². The molecule has 4 aromatic rings. The van der Waals surface area contributed by atoms with Crippen LogP contribution in [0.3, 0.4) is 0 Å². The molecule has 1 fully saturated rings. The van der Waals surface area contributed by atoms with Gasteiger partial charge in [-0.3, -0.25) is 4.90 Å². The lowest BCUT2D eigenvalue weighted by molar-refractivity contribution is 0.249. The fourth-order valence-corrected chi connectivity index (χ4v) is 5.18. The third-order valence-corrected chi connectivity index (χ3v) is 6.36. The molecule has 1 saturated heterocycles. The first-order chi connectivity index (χ1) is 12.3. The predicted octanol–water partition coefficient (Wildman–Crippen LogP) is 5.42. The number of hydrogen-bond donors (Lipinski definition) is 1. The molecule has 0 radical (unpaired) electrons. The van der Waals surface area contributed by atoms with Crippen LogP contribution < -0.4 is 0 Å². The van der Waals surface area contributed by atoms with Gasteiger partial charge in [0.2, 0.25) is 0 Å². The lowest BCUT2D eigenvalue weighted by Gasteiger charge is -2.23. The first-order valence-corrected chi connectivity index (χ1v) is 9.76. The van der Waals surface area contributed by atoms with E-state index in [0.717, 1.165) is 18.6 Å². The third kappa shape index (κ3) is 2.66. The highest BCUT2D eigenvalue weighted by molar-refractivity contribution is 7.18. The number of rotatable bonds is 3. The molecular formula is C21H21N3S. The maximum Gasteiger partial charge on any atom is 0.111 e. The second-order valence-electron chi connectivity index (χ2n) is 6.98. The highest BCUT2D eigenvalue weighted by Gasteiger charge is 2.29. The molecule has 2 aromatic heterocycles. The van der Waals surface area contributed by atoms with Gasteiger partial charge < -0.3 is 4.98 Å². The summed E-state index contributed by atoms with van der Waals surface area (Å²) in [5.74, 6) is 0. The number of aromatic amines is 1. The SMILES string of the molecule is Cc1cc2c(CN3CCCC3c3nc4ccccc4s3)cccc2[nH]1. The number of para-hydroxylation sites is 1. The molecule has 4 heteroatoms. The van der Waals surface area contributed by atoms with Gasteiger partial charge in [-0.1, -0.05) is 24.3 Å². The molecule has 1 N–H and O–H groups in total. The summed E-state index contributed by atoms with van der Waals surface area (Å²) in [5, 5.41) is 2.63. The number of aryl methyl sites for hydroxylation is 1. The van der Waals surface area contributed by atoms with Crippen LogP contribution in [-0.4, -0.2) is 21.4 Å². The first kappa shape index (κ1) is 15.1. The van der Waals surface area contributed by atoms with E-state index < -0.39 is 0 Å². The van der Waals surface area contributed by atoms with Crippen LogP contribution in [0.5, 0.6) is 0 Å². The van der Waals surface area contributed by atoms with Gasteiger partial charge in [-0.15, -0.1) is 11.3 Å². The molecule has 5 rings (SSSR count). The van der Waals surface area contributed by atoms with Crippen molar-refractivity contribution in [2.45, 2.75) is 32.4 Å². The van der Waals surface area contributed by atoms with Crippen LogP contribution >= 0.6 is 11.3 Å². The Morgan fingerprint density at radius 1 is 1.20 bits per heavy atom. The van der Waals surface area contributed by atoms with Crippen molar-refractivity contribution in [2.24, 2.45) is 0 Å². The largest absolute Gasteiger partial charge is 0.359 e. The number of fused-ring (bicyclic) bond motifs is 2. The fourth-order valence-electron chi connectivity index (χ4n) is 4.04. The van der Waals surface area contributed by atoms with Gasteiger partial charge in [0.15, 0.2) is 0 Å². The summed E-state index contributed by atoms with van der Waals surface area (Å²) < 4.78 is 1.30. The lowest BCUT2D eigenvalue weighted by Crippen LogP contribution is -2.22. The zero-order valence-electron chi connectivity index (χ0n) is 14.3. The number of benzene rings is 2. The Morgan fingerprint density at radius 3 is 3.04 bits per heavy atom. The number of hydrogen-bond acceptors (Lipinski definition) is 3. The highest BCUT2D eigenvalue weighted by Crippen LogP contribution is 2.37. The van der Waals surface area contributed by atoms with E-state index in [1.165, 1.54) is 44.7 Å². The van der Waals surface area contributed by atoms with Crippen molar-refractivity contribution in [3.63, 3.8) is 0 Å². The molecule has 3 nitrogen and oxygen atoms in total. The zero-order chi connectivity index (χ0) is 16.8. The molecule has 0 spiro atoms. The van der Waals surface area contributed by atoms with Gasteiger partial charge >= 0.3 is 0 Å². The average molecular weight is 347 g/mol. The fraction of sp³-hybridized carbons (Fsp3) is 0.286. The van der Waals surface area contributed by atoms with E-state index in [9.17, 15) is 0 Å². The molecule has 1 atom stereocenters. The van der Waals surface area contributed by atoms with E-state index in [1.54, 1.807) is 0 Å². The minimum absolute atomic E-state index is 0.452. The number of H-pyrrole nitrogens is 1. The number of thiazole rings is 1. The second kappa shape index (κ2) is 5.97. The predicted molar refractivity (Wildman–Crippen MR) is 105 cm³/mol. The lowest BCUT2D eigenvalue weighted by atomic mass is 10.1. The third-order valence-electron chi connectivity index (χ3n) is 5.22. The van der Waals surface area contributed by atoms with Crippen molar-refractivity contribution in [3.05, 3.63) is 64.8 Å². The summed E-state index contributed by atoms with van der Waals surface area (Å²) in [6, 6.07) is 17.8. The van der Waals surface area contributed by atoms with Gasteiger partial charge in [-0.05, 0) is 56.1 Å². The number of aromatic nitrogens is 2. The zero-order valence-corrected chi connectivity index (χ0v) is 15.1. The van der Waals surface area contributed by atoms with Gasteiger partial charge in [0.1, 0.15) is 5.01 Å². The normalized spacial score (nSPS) is 18.5. The van der Waals surface area contributed by atoms with Crippen LogP contribution in [0.15, 0.2) is 48.5 Å². The van der Waals surface area contributed by atoms with Crippen LogP contribution in [-0.2, 0) is 6.54 Å². The van der Waals surface area contributed by atoms with Crippen LogP contribution in [0.1, 0.15) is 35.1 Å². The summed E-state index contributed by atoms with van der Waals surface area (Å²) in [6.07, 6.45) is 2.46. The standard InChI is InChI=1S/C21H21N3S/c1-14-12-16-15(6-4-8-17(16)22-14)13-24-11-5-9-19(24)21-23-18-7-2-3-10-20(18)25-21/h2-4,6-8,10,12,19,22H,5,9,11,13H2,1H3. The van der Waals surface area contributed by atoms with Crippen LogP contribution in [0.4, 0.5) is 0 Å².